The van der Waals surface area contributed by atoms with Crippen LogP contribution in [0, 0.1) is 64.3 Å². The second-order valence-corrected chi connectivity index (χ2v) is 9.62. The molecule has 20 nitrogen and oxygen atoms in total. The maximum Gasteiger partial charge on any atom is 0.294 e. The van der Waals surface area contributed by atoms with E-state index in [-0.39, 0.29) is 45.3 Å². The van der Waals surface area contributed by atoms with Gasteiger partial charge in [-0.3, -0.25) is 30.3 Å². The van der Waals surface area contributed by atoms with Gasteiger partial charge in [0.25, 0.3) is 17.1 Å². The lowest BCUT2D eigenvalue weighted by Crippen LogP contribution is -2.02. The maximum absolute atomic E-state index is 10.4. The highest BCUT2D eigenvalue weighted by Gasteiger charge is 2.16. The highest BCUT2D eigenvalue weighted by atomic mass is 79.9. The minimum Gasteiger partial charge on any atom is -0.398 e. The molecule has 0 saturated heterocycles. The molecule has 1 aromatic heterocycles. The zero-order valence-corrected chi connectivity index (χ0v) is 25.7. The summed E-state index contributed by atoms with van der Waals surface area (Å²) in [7, 11) is 0. The molecule has 5 aromatic rings. The van der Waals surface area contributed by atoms with Crippen LogP contribution in [-0.4, -0.2) is 30.2 Å². The van der Waals surface area contributed by atoms with Crippen LogP contribution >= 0.6 is 15.9 Å². The van der Waals surface area contributed by atoms with E-state index in [2.05, 4.69) is 31.3 Å². The van der Waals surface area contributed by atoms with E-state index in [1.807, 2.05) is 12.1 Å². The molecule has 0 aliphatic rings. The molecule has 0 saturated carbocycles. The van der Waals surface area contributed by atoms with E-state index in [9.17, 15) is 30.3 Å². The molecule has 0 unspecified atom stereocenters. The summed E-state index contributed by atoms with van der Waals surface area (Å²) in [4.78, 5) is 29.1. The molecule has 0 radical (unpaired) electrons. The highest BCUT2D eigenvalue weighted by Crippen LogP contribution is 2.29. The SMILES string of the molecule is N#Cc1ccc(N)c2n[nH]nc12.N#Cc1ccc([N+](=O)[O-])c(N)c1N.N#Cc1ccc([N+](=O)[O-])cc1N.Nc1cc([N+](=O)[O-])ccc1Br. The third-order valence-electron chi connectivity index (χ3n) is 5.76. The zero-order chi connectivity index (χ0) is 36.1. The number of nitriles is 3. The average molecular weight is 717 g/mol. The van der Waals surface area contributed by atoms with Gasteiger partial charge in [-0.15, -0.1) is 0 Å². The number of nitrogens with two attached hydrogens (primary N) is 5. The van der Waals surface area contributed by atoms with Crippen LogP contribution in [0.2, 0.25) is 0 Å². The first-order valence-corrected chi connectivity index (χ1v) is 13.3. The Bertz CT molecular complexity index is 2150. The molecular formula is C27H21BrN14O6. The molecule has 0 amide bonds. The number of nitrogens with zero attached hydrogens (tertiary/aromatic N) is 8. The molecule has 0 spiro atoms. The van der Waals surface area contributed by atoms with Gasteiger partial charge in [0.05, 0.1) is 54.2 Å². The summed E-state index contributed by atoms with van der Waals surface area (Å²) in [6.45, 7) is 0. The molecule has 0 atom stereocenters. The normalized spacial score (nSPS) is 9.38. The summed E-state index contributed by atoms with van der Waals surface area (Å²) in [6.07, 6.45) is 0. The van der Waals surface area contributed by atoms with E-state index in [4.69, 9.17) is 44.5 Å². The van der Waals surface area contributed by atoms with Crippen molar-refractivity contribution in [3.05, 3.63) is 112 Å². The standard InChI is InChI=1S/C7H5N5.C7H6N4O2.C7H5N3O2.C6H5BrN2O2/c8-3-4-1-2-5(9)7-6(4)10-12-11-7;8-3-4-1-2-5(11(12)13)7(10)6(4)9;8-4-5-1-2-6(10(11)12)3-7(5)9;7-5-2-1-4(9(10)11)3-6(5)8/h1-2H,9H2,(H,10,11,12);1-2H,9-10H2;1-3H,9H2;1-3H,8H2. The van der Waals surface area contributed by atoms with Crippen LogP contribution in [0.15, 0.2) is 65.1 Å². The zero-order valence-electron chi connectivity index (χ0n) is 24.1. The largest absolute Gasteiger partial charge is 0.398 e. The van der Waals surface area contributed by atoms with Crippen LogP contribution in [-0.2, 0) is 0 Å². The van der Waals surface area contributed by atoms with Crippen LogP contribution < -0.4 is 28.7 Å². The lowest BCUT2D eigenvalue weighted by atomic mass is 10.1. The fourth-order valence-corrected chi connectivity index (χ4v) is 3.58. The van der Waals surface area contributed by atoms with Crippen LogP contribution in [0.1, 0.15) is 16.7 Å². The predicted molar refractivity (Wildman–Crippen MR) is 177 cm³/mol. The Kier molecular flexibility index (Phi) is 12.6. The number of fused-ring (bicyclic) bond motifs is 1. The number of aromatic amines is 1. The van der Waals surface area contributed by atoms with Crippen molar-refractivity contribution in [1.29, 1.82) is 15.8 Å². The van der Waals surface area contributed by atoms with Crippen molar-refractivity contribution in [2.45, 2.75) is 0 Å². The lowest BCUT2D eigenvalue weighted by molar-refractivity contribution is -0.385. The van der Waals surface area contributed by atoms with E-state index >= 15 is 0 Å². The number of anilines is 5. The Labute approximate surface area is 277 Å². The average Bonchev–Trinajstić information content (AvgIpc) is 3.56. The Morgan fingerprint density at radius 2 is 1.10 bits per heavy atom. The van der Waals surface area contributed by atoms with Gasteiger partial charge in [-0.1, -0.05) is 0 Å². The first-order chi connectivity index (χ1) is 22.7. The summed E-state index contributed by atoms with van der Waals surface area (Å²) in [6, 6.07) is 19.3. The Morgan fingerprint density at radius 3 is 1.60 bits per heavy atom. The van der Waals surface area contributed by atoms with Crippen molar-refractivity contribution in [2.75, 3.05) is 28.7 Å². The number of nitro groups is 3. The van der Waals surface area contributed by atoms with Crippen molar-refractivity contribution < 1.29 is 14.8 Å². The summed E-state index contributed by atoms with van der Waals surface area (Å²) < 4.78 is 0.670. The fourth-order valence-electron chi connectivity index (χ4n) is 3.33. The van der Waals surface area contributed by atoms with Gasteiger partial charge in [0, 0.05) is 34.8 Å². The van der Waals surface area contributed by atoms with Gasteiger partial charge in [-0.25, -0.2) is 0 Å². The molecule has 242 valence electrons. The van der Waals surface area contributed by atoms with E-state index in [0.29, 0.717) is 32.4 Å². The number of hydrogen-bond acceptors (Lipinski definition) is 16. The first-order valence-electron chi connectivity index (χ1n) is 12.5. The number of nitro benzene ring substituents is 3. The number of non-ortho nitro benzene ring substituents is 2. The summed E-state index contributed by atoms with van der Waals surface area (Å²) in [5.41, 5.74) is 29.5. The molecule has 21 heteroatoms. The highest BCUT2D eigenvalue weighted by molar-refractivity contribution is 9.10. The van der Waals surface area contributed by atoms with Crippen LogP contribution in [0.4, 0.5) is 45.5 Å². The van der Waals surface area contributed by atoms with Crippen LogP contribution in [0.3, 0.4) is 0 Å². The molecule has 11 N–H and O–H groups in total. The number of benzene rings is 4. The number of H-pyrrole nitrogens is 1. The van der Waals surface area contributed by atoms with Crippen molar-refractivity contribution in [2.24, 2.45) is 0 Å². The Hall–Kier alpha value is -7.57. The lowest BCUT2D eigenvalue weighted by Gasteiger charge is -2.01. The molecule has 0 aliphatic carbocycles. The Morgan fingerprint density at radius 1 is 0.604 bits per heavy atom. The third kappa shape index (κ3) is 9.22. The van der Waals surface area contributed by atoms with Crippen LogP contribution in [0.5, 0.6) is 0 Å². The van der Waals surface area contributed by atoms with Crippen molar-refractivity contribution >= 4 is 72.5 Å². The predicted octanol–water partition coefficient (Wildman–Crippen LogP) is 4.03. The summed E-state index contributed by atoms with van der Waals surface area (Å²) in [5, 5.41) is 66.5. The van der Waals surface area contributed by atoms with Crippen molar-refractivity contribution in [3.63, 3.8) is 0 Å². The maximum atomic E-state index is 10.4. The quantitative estimate of drug-likeness (QED) is 0.0871. The van der Waals surface area contributed by atoms with Gasteiger partial charge in [0.1, 0.15) is 34.9 Å². The minimum absolute atomic E-state index is 0.00528. The molecule has 1 heterocycles. The monoisotopic (exact) mass is 716 g/mol. The number of hydrogen-bond donors (Lipinski definition) is 6. The topological polar surface area (TPSA) is 372 Å². The second kappa shape index (κ2) is 16.5. The number of nitrogen functional groups attached to an aromatic ring is 5. The van der Waals surface area contributed by atoms with E-state index < -0.39 is 14.8 Å². The molecule has 0 bridgehead atoms. The van der Waals surface area contributed by atoms with Gasteiger partial charge in [-0.05, 0) is 46.3 Å². The van der Waals surface area contributed by atoms with Crippen LogP contribution in [0.25, 0.3) is 11.0 Å². The van der Waals surface area contributed by atoms with E-state index in [1.54, 1.807) is 24.3 Å². The number of halogens is 1. The smallest absolute Gasteiger partial charge is 0.294 e. The van der Waals surface area contributed by atoms with Gasteiger partial charge in [0.2, 0.25) is 0 Å². The van der Waals surface area contributed by atoms with Crippen molar-refractivity contribution in [1.82, 2.24) is 15.4 Å². The number of nitrogens with one attached hydrogen (secondary N) is 1. The summed E-state index contributed by atoms with van der Waals surface area (Å²) >= 11 is 3.13. The van der Waals surface area contributed by atoms with E-state index in [0.717, 1.165) is 6.07 Å². The van der Waals surface area contributed by atoms with Gasteiger partial charge >= 0.3 is 0 Å². The third-order valence-corrected chi connectivity index (χ3v) is 6.49. The minimum atomic E-state index is -0.646. The van der Waals surface area contributed by atoms with Gasteiger partial charge in [0.15, 0.2) is 0 Å². The van der Waals surface area contributed by atoms with E-state index in [1.165, 1.54) is 36.4 Å². The first kappa shape index (κ1) is 36.6. The molecule has 0 aliphatic heterocycles. The molecular weight excluding hydrogens is 696 g/mol. The molecule has 0 fully saturated rings. The van der Waals surface area contributed by atoms with Crippen molar-refractivity contribution in [3.8, 4) is 18.2 Å². The molecule has 5 rings (SSSR count). The van der Waals surface area contributed by atoms with Gasteiger partial charge in [-0.2, -0.15) is 31.2 Å². The van der Waals surface area contributed by atoms with Gasteiger partial charge < -0.3 is 28.7 Å². The number of rotatable bonds is 3. The second-order valence-electron chi connectivity index (χ2n) is 8.77. The fraction of sp³-hybridized carbons (Fsp3) is 0. The number of aromatic nitrogens is 3. The summed E-state index contributed by atoms with van der Waals surface area (Å²) in [5.74, 6) is 0. The Balaban J connectivity index is 0.000000223. The molecule has 48 heavy (non-hydrogen) atoms. The molecule has 4 aromatic carbocycles.